The van der Waals surface area contributed by atoms with Crippen LogP contribution in [0.1, 0.15) is 6.92 Å². The molecule has 0 aliphatic heterocycles. The Balaban J connectivity index is 2.09. The number of thioether (sulfide) groups is 1. The third kappa shape index (κ3) is 3.28. The van der Waals surface area contributed by atoms with E-state index >= 15 is 0 Å². The molecule has 2 rings (SSSR count). The zero-order valence-electron chi connectivity index (χ0n) is 9.12. The van der Waals surface area contributed by atoms with Gasteiger partial charge < -0.3 is 4.74 Å². The van der Waals surface area contributed by atoms with Crippen LogP contribution in [0, 0.1) is 0 Å². The summed E-state index contributed by atoms with van der Waals surface area (Å²) in [7, 11) is 0. The van der Waals surface area contributed by atoms with Gasteiger partial charge in [-0.2, -0.15) is 0 Å². The molecule has 0 N–H and O–H groups in total. The van der Waals surface area contributed by atoms with Crippen LogP contribution in [0.4, 0.5) is 4.79 Å². The highest BCUT2D eigenvalue weighted by molar-refractivity contribution is 8.14. The van der Waals surface area contributed by atoms with E-state index in [1.54, 1.807) is 19.3 Å². The first-order chi connectivity index (χ1) is 8.29. The molecule has 0 saturated carbocycles. The third-order valence-electron chi connectivity index (χ3n) is 1.89. The van der Waals surface area contributed by atoms with Crippen molar-refractivity contribution in [2.24, 2.45) is 0 Å². The lowest BCUT2D eigenvalue weighted by Crippen LogP contribution is -1.95. The van der Waals surface area contributed by atoms with Gasteiger partial charge in [-0.25, -0.2) is 9.78 Å². The van der Waals surface area contributed by atoms with Crippen molar-refractivity contribution in [3.63, 3.8) is 0 Å². The smallest absolute Gasteiger partial charge is 0.374 e. The standard InChI is InChI=1S/C11H10N2O2S2/c1-2-15-11(14)17-10-13-9(7-16-10)8-3-5-12-6-4-8/h3-7H,2H2,1H3. The Morgan fingerprint density at radius 2 is 2.24 bits per heavy atom. The first kappa shape index (κ1) is 12.1. The maximum Gasteiger partial charge on any atom is 0.374 e. The van der Waals surface area contributed by atoms with E-state index in [1.807, 2.05) is 17.5 Å². The Hall–Kier alpha value is -1.40. The summed E-state index contributed by atoms with van der Waals surface area (Å²) in [6.07, 6.45) is 3.43. The molecule has 0 atom stereocenters. The Morgan fingerprint density at radius 1 is 1.47 bits per heavy atom. The lowest BCUT2D eigenvalue weighted by Gasteiger charge is -1.97. The number of pyridine rings is 1. The van der Waals surface area contributed by atoms with Gasteiger partial charge in [-0.1, -0.05) is 0 Å². The van der Waals surface area contributed by atoms with Crippen molar-refractivity contribution in [3.8, 4) is 11.3 Å². The van der Waals surface area contributed by atoms with Crippen molar-refractivity contribution >= 4 is 28.4 Å². The molecule has 0 amide bonds. The summed E-state index contributed by atoms with van der Waals surface area (Å²) in [4.78, 5) is 19.6. The van der Waals surface area contributed by atoms with Gasteiger partial charge in [0.05, 0.1) is 12.3 Å². The van der Waals surface area contributed by atoms with E-state index in [9.17, 15) is 4.79 Å². The third-order valence-corrected chi connectivity index (χ3v) is 3.62. The number of hydrogen-bond acceptors (Lipinski definition) is 6. The van der Waals surface area contributed by atoms with Crippen molar-refractivity contribution in [2.45, 2.75) is 11.3 Å². The molecule has 0 fully saturated rings. The highest BCUT2D eigenvalue weighted by Crippen LogP contribution is 2.28. The Kier molecular flexibility index (Phi) is 4.11. The van der Waals surface area contributed by atoms with Crippen molar-refractivity contribution in [1.82, 2.24) is 9.97 Å². The summed E-state index contributed by atoms with van der Waals surface area (Å²) >= 11 is 2.44. The maximum absolute atomic E-state index is 11.3. The first-order valence-corrected chi connectivity index (χ1v) is 6.69. The van der Waals surface area contributed by atoms with Crippen molar-refractivity contribution in [3.05, 3.63) is 29.9 Å². The van der Waals surface area contributed by atoms with Gasteiger partial charge in [0.1, 0.15) is 0 Å². The molecule has 2 aromatic heterocycles. The molecule has 88 valence electrons. The van der Waals surface area contributed by atoms with Crippen LogP contribution in [0.25, 0.3) is 11.3 Å². The quantitative estimate of drug-likeness (QED) is 0.629. The zero-order chi connectivity index (χ0) is 12.1. The number of nitrogens with zero attached hydrogens (tertiary/aromatic N) is 2. The number of carbonyl (C=O) groups is 1. The van der Waals surface area contributed by atoms with Crippen LogP contribution in [0.5, 0.6) is 0 Å². The predicted molar refractivity (Wildman–Crippen MR) is 68.2 cm³/mol. The van der Waals surface area contributed by atoms with Crippen LogP contribution in [0.15, 0.2) is 34.2 Å². The summed E-state index contributed by atoms with van der Waals surface area (Å²) in [5.41, 5.74) is 1.84. The number of hydrogen-bond donors (Lipinski definition) is 0. The molecule has 0 saturated heterocycles. The highest BCUT2D eigenvalue weighted by Gasteiger charge is 2.10. The average Bonchev–Trinajstić information content (AvgIpc) is 2.79. The number of rotatable bonds is 3. The molecule has 2 aromatic rings. The minimum Gasteiger partial charge on any atom is -0.458 e. The molecule has 4 nitrogen and oxygen atoms in total. The normalized spacial score (nSPS) is 10.2. The molecule has 0 spiro atoms. The fourth-order valence-corrected chi connectivity index (χ4v) is 2.73. The van der Waals surface area contributed by atoms with Gasteiger partial charge in [0.15, 0.2) is 4.34 Å². The minimum atomic E-state index is -0.317. The molecular weight excluding hydrogens is 256 g/mol. The number of carbonyl (C=O) groups excluding carboxylic acids is 1. The number of thiazole rings is 1. The van der Waals surface area contributed by atoms with E-state index in [1.165, 1.54) is 11.3 Å². The molecule has 0 aliphatic rings. The second-order valence-electron chi connectivity index (χ2n) is 3.02. The van der Waals surface area contributed by atoms with Gasteiger partial charge in [0.2, 0.25) is 0 Å². The number of aromatic nitrogens is 2. The molecule has 6 heteroatoms. The van der Waals surface area contributed by atoms with E-state index in [4.69, 9.17) is 4.74 Å². The molecule has 17 heavy (non-hydrogen) atoms. The van der Waals surface area contributed by atoms with Crippen LogP contribution in [0.3, 0.4) is 0 Å². The van der Waals surface area contributed by atoms with Crippen molar-refractivity contribution in [1.29, 1.82) is 0 Å². The van der Waals surface area contributed by atoms with Crippen LogP contribution in [-0.4, -0.2) is 21.9 Å². The fraction of sp³-hybridized carbons (Fsp3) is 0.182. The van der Waals surface area contributed by atoms with Crippen LogP contribution < -0.4 is 0 Å². The Morgan fingerprint density at radius 3 is 2.94 bits per heavy atom. The monoisotopic (exact) mass is 266 g/mol. The molecule has 0 aromatic carbocycles. The Bertz CT molecular complexity index is 499. The molecule has 0 unspecified atom stereocenters. The van der Waals surface area contributed by atoms with Gasteiger partial charge in [0.25, 0.3) is 0 Å². The van der Waals surface area contributed by atoms with E-state index in [2.05, 4.69) is 9.97 Å². The lowest BCUT2D eigenvalue weighted by atomic mass is 10.2. The van der Waals surface area contributed by atoms with E-state index < -0.39 is 0 Å². The second-order valence-corrected chi connectivity index (χ2v) is 5.06. The first-order valence-electron chi connectivity index (χ1n) is 5.00. The zero-order valence-corrected chi connectivity index (χ0v) is 10.8. The van der Waals surface area contributed by atoms with E-state index in [0.717, 1.165) is 23.0 Å². The minimum absolute atomic E-state index is 0.317. The van der Waals surface area contributed by atoms with Gasteiger partial charge in [-0.05, 0) is 19.1 Å². The summed E-state index contributed by atoms with van der Waals surface area (Å²) in [6.45, 7) is 2.16. The fourth-order valence-electron chi connectivity index (χ4n) is 1.18. The summed E-state index contributed by atoms with van der Waals surface area (Å²) in [5.74, 6) is 0. The predicted octanol–water partition coefficient (Wildman–Crippen LogP) is 3.45. The van der Waals surface area contributed by atoms with Crippen LogP contribution in [-0.2, 0) is 4.74 Å². The largest absolute Gasteiger partial charge is 0.458 e. The van der Waals surface area contributed by atoms with Crippen molar-refractivity contribution < 1.29 is 9.53 Å². The molecule has 2 heterocycles. The Labute approximate surface area is 107 Å². The number of ether oxygens (including phenoxy) is 1. The summed E-state index contributed by atoms with van der Waals surface area (Å²) < 4.78 is 5.53. The van der Waals surface area contributed by atoms with Gasteiger partial charge >= 0.3 is 5.30 Å². The summed E-state index contributed by atoms with van der Waals surface area (Å²) in [6, 6.07) is 3.77. The molecule has 0 radical (unpaired) electrons. The SMILES string of the molecule is CCOC(=O)Sc1nc(-c2ccncc2)cs1. The highest BCUT2D eigenvalue weighted by atomic mass is 32.2. The average molecular weight is 266 g/mol. The van der Waals surface area contributed by atoms with E-state index in [0.29, 0.717) is 10.9 Å². The second kappa shape index (κ2) is 5.79. The maximum atomic E-state index is 11.3. The molecule has 0 aliphatic carbocycles. The molecular formula is C11H10N2O2S2. The summed E-state index contributed by atoms with van der Waals surface area (Å²) in [5, 5.41) is 1.60. The lowest BCUT2D eigenvalue weighted by molar-refractivity contribution is 0.181. The van der Waals surface area contributed by atoms with Gasteiger partial charge in [0, 0.05) is 35.1 Å². The van der Waals surface area contributed by atoms with Gasteiger partial charge in [-0.3, -0.25) is 4.98 Å². The van der Waals surface area contributed by atoms with Gasteiger partial charge in [-0.15, -0.1) is 11.3 Å². The molecule has 0 bridgehead atoms. The van der Waals surface area contributed by atoms with Crippen LogP contribution >= 0.6 is 23.1 Å². The van der Waals surface area contributed by atoms with Crippen molar-refractivity contribution in [2.75, 3.05) is 6.61 Å². The van der Waals surface area contributed by atoms with E-state index in [-0.39, 0.29) is 5.30 Å². The topological polar surface area (TPSA) is 52.1 Å². The van der Waals surface area contributed by atoms with Crippen LogP contribution in [0.2, 0.25) is 0 Å².